The van der Waals surface area contributed by atoms with Gasteiger partial charge in [-0.2, -0.15) is 13.2 Å². The molecule has 2 fully saturated rings. The van der Waals surface area contributed by atoms with Crippen LogP contribution in [0, 0.1) is 25.5 Å². The van der Waals surface area contributed by atoms with Gasteiger partial charge in [0.15, 0.2) is 0 Å². The Kier molecular flexibility index (Phi) is 14.0. The van der Waals surface area contributed by atoms with E-state index in [1.165, 1.54) is 30.8 Å². The molecule has 0 saturated carbocycles. The molecule has 1 spiro atoms. The van der Waals surface area contributed by atoms with Crippen molar-refractivity contribution in [3.8, 4) is 11.1 Å². The maximum Gasteiger partial charge on any atom is 0.417 e. The van der Waals surface area contributed by atoms with E-state index in [9.17, 15) is 36.3 Å². The second-order valence-electron chi connectivity index (χ2n) is 11.6. The van der Waals surface area contributed by atoms with Crippen molar-refractivity contribution in [2.75, 3.05) is 44.4 Å². The first kappa shape index (κ1) is 41.5. The van der Waals surface area contributed by atoms with Gasteiger partial charge >= 0.3 is 12.1 Å². The maximum absolute atomic E-state index is 14.2. The summed E-state index contributed by atoms with van der Waals surface area (Å²) < 4.78 is 81.0. The molecule has 2 N–H and O–H groups in total. The second kappa shape index (κ2) is 17.6. The summed E-state index contributed by atoms with van der Waals surface area (Å²) in [5.74, 6) is -4.50. The van der Waals surface area contributed by atoms with Crippen molar-refractivity contribution in [3.63, 3.8) is 0 Å². The molecule has 0 radical (unpaired) electrons. The first-order valence-corrected chi connectivity index (χ1v) is 16.7. The van der Waals surface area contributed by atoms with E-state index in [1.807, 2.05) is 39.9 Å². The molecule has 2 aromatic heterocycles. The Bertz CT molecular complexity index is 1940. The van der Waals surface area contributed by atoms with Gasteiger partial charge in [-0.3, -0.25) is 19.4 Å². The second-order valence-corrected chi connectivity index (χ2v) is 11.6. The summed E-state index contributed by atoms with van der Waals surface area (Å²) in [6.07, 6.45) is -3.11. The molecule has 2 saturated heterocycles. The van der Waals surface area contributed by atoms with Gasteiger partial charge in [-0.15, -0.1) is 0 Å². The van der Waals surface area contributed by atoms with Crippen molar-refractivity contribution in [2.45, 2.75) is 53.3 Å². The van der Waals surface area contributed by atoms with E-state index in [1.54, 1.807) is 23.1 Å². The number of morpholine rings is 1. The number of carbonyl (C=O) groups excluding carboxylic acids is 1. The third kappa shape index (κ3) is 9.12. The van der Waals surface area contributed by atoms with Crippen LogP contribution >= 0.6 is 0 Å². The van der Waals surface area contributed by atoms with Crippen molar-refractivity contribution in [3.05, 3.63) is 93.0 Å². The van der Waals surface area contributed by atoms with Gasteiger partial charge in [0.2, 0.25) is 0 Å². The number of aromatic nitrogens is 2. The van der Waals surface area contributed by atoms with Crippen LogP contribution in [0.3, 0.4) is 0 Å². The number of nitrogens with zero attached hydrogens (tertiary/aromatic N) is 3. The molecule has 0 unspecified atom stereocenters. The molecule has 2 aliphatic heterocycles. The minimum absolute atomic E-state index is 0.198. The standard InChI is InChI=1S/C18H15F3N2O.C15H16F2N2O5.2C2H6/c1-10-6-7-13(16-12(10)5-4-8-22-16)15-14(18(19,20)21)9-11(2)23(3)17(15)24;16-10-3-9(19-1-2-24-15(6-19)7-23-8-15)4-11(17)13(10)14(22)18-5-12(20)21;2*1-2/h4-9H,1-3H3;3-4H,1-2,5-8H2,(H,18,22)(H,20,21);2*1-2H3. The Labute approximate surface area is 298 Å². The molecule has 2 aliphatic rings. The van der Waals surface area contributed by atoms with E-state index >= 15 is 0 Å². The van der Waals surface area contributed by atoms with Gasteiger partial charge in [0.1, 0.15) is 29.3 Å². The number of benzene rings is 2. The molecule has 15 heteroatoms. The highest BCUT2D eigenvalue weighted by molar-refractivity contribution is 5.97. The molecule has 4 aromatic rings. The molecule has 1 amide bonds. The number of aryl methyl sites for hydroxylation is 2. The van der Waals surface area contributed by atoms with Crippen LogP contribution in [0.4, 0.5) is 27.6 Å². The average molecular weight is 735 g/mol. The van der Waals surface area contributed by atoms with Crippen LogP contribution in [0.15, 0.2) is 53.5 Å². The lowest BCUT2D eigenvalue weighted by Crippen LogP contribution is -2.63. The Hall–Kier alpha value is -4.89. The maximum atomic E-state index is 14.2. The van der Waals surface area contributed by atoms with Gasteiger partial charge in [-0.25, -0.2) is 8.78 Å². The lowest BCUT2D eigenvalue weighted by molar-refractivity contribution is -0.211. The molecule has 4 heterocycles. The summed E-state index contributed by atoms with van der Waals surface area (Å²) in [4.78, 5) is 40.8. The number of alkyl halides is 3. The normalized spacial score (nSPS) is 14.5. The van der Waals surface area contributed by atoms with E-state index in [2.05, 4.69) is 4.98 Å². The quantitative estimate of drug-likeness (QED) is 0.218. The summed E-state index contributed by atoms with van der Waals surface area (Å²) in [6, 6.07) is 9.88. The van der Waals surface area contributed by atoms with E-state index in [0.29, 0.717) is 44.1 Å². The third-order valence-corrected chi connectivity index (χ3v) is 8.23. The number of fused-ring (bicyclic) bond motifs is 1. The van der Waals surface area contributed by atoms with Gasteiger partial charge < -0.3 is 29.4 Å². The number of halogens is 5. The predicted molar refractivity (Wildman–Crippen MR) is 188 cm³/mol. The highest BCUT2D eigenvalue weighted by Gasteiger charge is 2.44. The first-order chi connectivity index (χ1) is 24.6. The van der Waals surface area contributed by atoms with Crippen molar-refractivity contribution in [1.82, 2.24) is 14.9 Å². The SMILES string of the molecule is CC.CC.Cc1ccc(-c2c(C(F)(F)F)cc(C)n(C)c2=O)c2ncccc12.O=C(O)CNC(=O)c1c(F)cc(N2CCOC3(COC3)C2)cc1F. The Morgan fingerprint density at radius 3 is 2.21 bits per heavy atom. The van der Waals surface area contributed by atoms with E-state index in [-0.39, 0.29) is 16.8 Å². The molecule has 2 aromatic carbocycles. The number of anilines is 1. The number of amides is 1. The lowest BCUT2D eigenvalue weighted by atomic mass is 9.95. The molecular weight excluding hydrogens is 691 g/mol. The first-order valence-electron chi connectivity index (χ1n) is 16.7. The Morgan fingerprint density at radius 2 is 1.65 bits per heavy atom. The number of nitrogens with one attached hydrogen (secondary N) is 1. The van der Waals surface area contributed by atoms with Crippen molar-refractivity contribution in [1.29, 1.82) is 0 Å². The summed E-state index contributed by atoms with van der Waals surface area (Å²) in [5.41, 5.74) is -1.18. The molecular formula is C37H43F5N4O6. The minimum Gasteiger partial charge on any atom is -0.480 e. The van der Waals surface area contributed by atoms with Gasteiger partial charge in [0, 0.05) is 42.1 Å². The van der Waals surface area contributed by atoms with Crippen molar-refractivity contribution >= 4 is 28.5 Å². The average Bonchev–Trinajstić information content (AvgIpc) is 3.11. The fourth-order valence-electron chi connectivity index (χ4n) is 5.59. The molecule has 52 heavy (non-hydrogen) atoms. The summed E-state index contributed by atoms with van der Waals surface area (Å²) in [5, 5.41) is 11.2. The number of rotatable bonds is 5. The van der Waals surface area contributed by atoms with Gasteiger partial charge in [0.05, 0.1) is 43.0 Å². The largest absolute Gasteiger partial charge is 0.480 e. The third-order valence-electron chi connectivity index (χ3n) is 8.23. The van der Waals surface area contributed by atoms with Crippen LogP contribution in [-0.2, 0) is 27.5 Å². The number of carboxylic acids is 1. The number of hydrogen-bond donors (Lipinski definition) is 2. The lowest BCUT2D eigenvalue weighted by Gasteiger charge is -2.48. The number of ether oxygens (including phenoxy) is 2. The number of hydrogen-bond acceptors (Lipinski definition) is 7. The predicted octanol–water partition coefficient (Wildman–Crippen LogP) is 6.67. The van der Waals surface area contributed by atoms with Crippen LogP contribution in [0.25, 0.3) is 22.0 Å². The van der Waals surface area contributed by atoms with Crippen molar-refractivity contribution in [2.24, 2.45) is 7.05 Å². The summed E-state index contributed by atoms with van der Waals surface area (Å²) >= 11 is 0. The molecule has 282 valence electrons. The molecule has 0 atom stereocenters. The zero-order valence-corrected chi connectivity index (χ0v) is 30.1. The van der Waals surface area contributed by atoms with Gasteiger partial charge in [-0.05, 0) is 43.7 Å². The van der Waals surface area contributed by atoms with Crippen molar-refractivity contribution < 1.29 is 46.1 Å². The van der Waals surface area contributed by atoms with E-state index in [4.69, 9.17) is 14.6 Å². The minimum atomic E-state index is -4.63. The van der Waals surface area contributed by atoms with E-state index in [0.717, 1.165) is 29.1 Å². The summed E-state index contributed by atoms with van der Waals surface area (Å²) in [7, 11) is 1.46. The highest BCUT2D eigenvalue weighted by Crippen LogP contribution is 2.38. The smallest absolute Gasteiger partial charge is 0.417 e. The molecule has 0 bridgehead atoms. The van der Waals surface area contributed by atoms with Crippen LogP contribution in [0.1, 0.15) is 54.9 Å². The highest BCUT2D eigenvalue weighted by atomic mass is 19.4. The van der Waals surface area contributed by atoms with Crippen LogP contribution in [0.5, 0.6) is 0 Å². The molecule has 6 rings (SSSR count). The fraction of sp³-hybridized carbons (Fsp3) is 0.405. The topological polar surface area (TPSA) is 123 Å². The zero-order chi connectivity index (χ0) is 39.0. The monoisotopic (exact) mass is 734 g/mol. The Balaban J connectivity index is 0.000000256. The fourth-order valence-corrected chi connectivity index (χ4v) is 5.59. The van der Waals surface area contributed by atoms with E-state index < -0.39 is 58.5 Å². The molecule has 10 nitrogen and oxygen atoms in total. The summed E-state index contributed by atoms with van der Waals surface area (Å²) in [6.45, 7) is 12.8. The van der Waals surface area contributed by atoms with Crippen LogP contribution < -0.4 is 15.8 Å². The van der Waals surface area contributed by atoms with Gasteiger partial charge in [-0.1, -0.05) is 45.9 Å². The Morgan fingerprint density at radius 1 is 1.02 bits per heavy atom. The number of aliphatic carboxylic acids is 1. The molecule has 0 aliphatic carbocycles. The number of carbonyl (C=O) groups is 2. The van der Waals surface area contributed by atoms with Crippen LogP contribution in [0.2, 0.25) is 0 Å². The number of pyridine rings is 2. The number of carboxylic acid groups (broad SMARTS) is 1. The zero-order valence-electron chi connectivity index (χ0n) is 30.1. The van der Waals surface area contributed by atoms with Gasteiger partial charge in [0.25, 0.3) is 11.5 Å². The van der Waals surface area contributed by atoms with Crippen LogP contribution in [-0.4, -0.2) is 71.6 Å².